The van der Waals surface area contributed by atoms with Crippen LogP contribution in [0.5, 0.6) is 11.5 Å². The number of rotatable bonds is 9. The van der Waals surface area contributed by atoms with Crippen molar-refractivity contribution in [1.29, 1.82) is 0 Å². The van der Waals surface area contributed by atoms with Crippen LogP contribution in [0.25, 0.3) is 10.9 Å². The molecule has 0 aliphatic heterocycles. The highest BCUT2D eigenvalue weighted by Crippen LogP contribution is 2.35. The predicted octanol–water partition coefficient (Wildman–Crippen LogP) is 3.53. The maximum Gasteiger partial charge on any atom is 0.163 e. The molecule has 3 N–H and O–H groups in total. The summed E-state index contributed by atoms with van der Waals surface area (Å²) in [4.78, 5) is 8.56. The Labute approximate surface area is 166 Å². The van der Waals surface area contributed by atoms with Gasteiger partial charge in [0.15, 0.2) is 11.5 Å². The number of nitrogens with one attached hydrogen (secondary N) is 1. The number of hydrogen-bond acceptors (Lipinski definition) is 7. The molecule has 9 heteroatoms. The van der Waals surface area contributed by atoms with Crippen LogP contribution in [0, 0.1) is 5.82 Å². The third kappa shape index (κ3) is 4.78. The molecule has 0 bridgehead atoms. The first-order chi connectivity index (χ1) is 13.6. The monoisotopic (exact) mass is 406 g/mol. The molecule has 0 unspecified atom stereocenters. The molecule has 1 aromatic heterocycles. The molecule has 1 heterocycles. The molecule has 3 rings (SSSR count). The second kappa shape index (κ2) is 9.50. The Bertz CT molecular complexity index is 958. The van der Waals surface area contributed by atoms with E-state index in [2.05, 4.69) is 15.3 Å². The number of anilines is 2. The Morgan fingerprint density at radius 3 is 2.71 bits per heavy atom. The lowest BCUT2D eigenvalue weighted by atomic mass is 10.2. The fourth-order valence-electron chi connectivity index (χ4n) is 2.54. The van der Waals surface area contributed by atoms with Gasteiger partial charge in [0.25, 0.3) is 0 Å². The van der Waals surface area contributed by atoms with Crippen molar-refractivity contribution in [3.8, 4) is 11.5 Å². The first kappa shape index (κ1) is 20.1. The van der Waals surface area contributed by atoms with E-state index in [1.807, 2.05) is 0 Å². The van der Waals surface area contributed by atoms with Crippen LogP contribution in [0.15, 0.2) is 36.7 Å². The fraction of sp³-hybridized carbons (Fsp3) is 0.263. The normalized spacial score (nSPS) is 10.9. The second-order valence-corrected chi connectivity index (χ2v) is 6.15. The van der Waals surface area contributed by atoms with E-state index in [9.17, 15) is 4.39 Å². The molecule has 28 heavy (non-hydrogen) atoms. The number of fused-ring (bicyclic) bond motifs is 1. The minimum absolute atomic E-state index is 0.0217. The van der Waals surface area contributed by atoms with E-state index in [1.165, 1.54) is 18.5 Å². The first-order valence-corrected chi connectivity index (χ1v) is 8.95. The molecule has 148 valence electrons. The largest absolute Gasteiger partial charge is 0.493 e. The molecule has 0 spiro atoms. The van der Waals surface area contributed by atoms with Gasteiger partial charge in [0.05, 0.1) is 30.9 Å². The van der Waals surface area contributed by atoms with E-state index in [1.54, 1.807) is 25.3 Å². The van der Waals surface area contributed by atoms with Gasteiger partial charge in [-0.3, -0.25) is 0 Å². The smallest absolute Gasteiger partial charge is 0.163 e. The quantitative estimate of drug-likeness (QED) is 0.525. The van der Waals surface area contributed by atoms with Gasteiger partial charge in [-0.15, -0.1) is 0 Å². The van der Waals surface area contributed by atoms with Gasteiger partial charge < -0.3 is 25.3 Å². The highest BCUT2D eigenvalue weighted by Gasteiger charge is 2.12. The Kier molecular flexibility index (Phi) is 6.80. The topological polar surface area (TPSA) is 91.5 Å². The van der Waals surface area contributed by atoms with Crippen LogP contribution in [0.4, 0.5) is 15.9 Å². The van der Waals surface area contributed by atoms with Gasteiger partial charge in [0.2, 0.25) is 0 Å². The number of methoxy groups -OCH3 is 1. The summed E-state index contributed by atoms with van der Waals surface area (Å²) in [5, 5.41) is 3.86. The zero-order valence-electron chi connectivity index (χ0n) is 15.2. The number of benzene rings is 2. The summed E-state index contributed by atoms with van der Waals surface area (Å²) in [6.45, 7) is 1.71. The molecule has 0 radical (unpaired) electrons. The van der Waals surface area contributed by atoms with Crippen LogP contribution in [0.2, 0.25) is 5.02 Å². The van der Waals surface area contributed by atoms with E-state index < -0.39 is 5.82 Å². The van der Waals surface area contributed by atoms with E-state index in [4.69, 9.17) is 31.5 Å². The second-order valence-electron chi connectivity index (χ2n) is 5.75. The summed E-state index contributed by atoms with van der Waals surface area (Å²) < 4.78 is 29.8. The van der Waals surface area contributed by atoms with Crippen molar-refractivity contribution in [2.24, 2.45) is 5.73 Å². The maximum absolute atomic E-state index is 13.4. The first-order valence-electron chi connectivity index (χ1n) is 8.58. The van der Waals surface area contributed by atoms with Crippen molar-refractivity contribution in [3.05, 3.63) is 47.5 Å². The zero-order chi connectivity index (χ0) is 19.9. The summed E-state index contributed by atoms with van der Waals surface area (Å²) >= 11 is 5.85. The molecule has 2 aromatic carbocycles. The number of hydrogen-bond donors (Lipinski definition) is 2. The number of nitrogens with zero attached hydrogens (tertiary/aromatic N) is 2. The van der Waals surface area contributed by atoms with Gasteiger partial charge in [-0.05, 0) is 24.3 Å². The third-order valence-corrected chi connectivity index (χ3v) is 4.14. The maximum atomic E-state index is 13.4. The number of ether oxygens (including phenoxy) is 3. The molecular formula is C19H20ClFN4O3. The summed E-state index contributed by atoms with van der Waals surface area (Å²) in [6, 6.07) is 7.89. The standard InChI is InChI=1S/C19H20ClFN4O3/c1-26-17-9-13-16(10-18(17)28-7-6-27-5-4-22)23-11-24-19(13)25-12-2-3-15(21)14(20)8-12/h2-3,8-11H,4-7,22H2,1H3,(H,23,24,25). The van der Waals surface area contributed by atoms with Crippen molar-refractivity contribution in [3.63, 3.8) is 0 Å². The zero-order valence-corrected chi connectivity index (χ0v) is 16.0. The predicted molar refractivity (Wildman–Crippen MR) is 106 cm³/mol. The molecule has 0 amide bonds. The average molecular weight is 407 g/mol. The lowest BCUT2D eigenvalue weighted by Gasteiger charge is -2.14. The van der Waals surface area contributed by atoms with Gasteiger partial charge in [-0.25, -0.2) is 14.4 Å². The number of halogens is 2. The minimum atomic E-state index is -0.487. The summed E-state index contributed by atoms with van der Waals surface area (Å²) in [5.41, 5.74) is 6.64. The van der Waals surface area contributed by atoms with E-state index >= 15 is 0 Å². The number of nitrogens with two attached hydrogens (primary N) is 1. The van der Waals surface area contributed by atoms with Gasteiger partial charge in [-0.1, -0.05) is 11.6 Å². The van der Waals surface area contributed by atoms with Crippen LogP contribution in [0.3, 0.4) is 0 Å². The number of aromatic nitrogens is 2. The summed E-state index contributed by atoms with van der Waals surface area (Å²) in [5.74, 6) is 1.12. The van der Waals surface area contributed by atoms with Crippen molar-refractivity contribution in [1.82, 2.24) is 9.97 Å². The fourth-order valence-corrected chi connectivity index (χ4v) is 2.72. The van der Waals surface area contributed by atoms with Crippen LogP contribution in [-0.2, 0) is 4.74 Å². The highest BCUT2D eigenvalue weighted by atomic mass is 35.5. The lowest BCUT2D eigenvalue weighted by molar-refractivity contribution is 0.105. The molecule has 0 aliphatic rings. The van der Waals surface area contributed by atoms with Crippen molar-refractivity contribution in [2.75, 3.05) is 38.8 Å². The molecular weight excluding hydrogens is 387 g/mol. The molecule has 0 fully saturated rings. The average Bonchev–Trinajstić information content (AvgIpc) is 2.70. The van der Waals surface area contributed by atoms with Crippen LogP contribution < -0.4 is 20.5 Å². The van der Waals surface area contributed by atoms with E-state index in [0.717, 1.165) is 0 Å². The third-order valence-electron chi connectivity index (χ3n) is 3.85. The Balaban J connectivity index is 1.85. The molecule has 0 atom stereocenters. The van der Waals surface area contributed by atoms with Crippen molar-refractivity contribution >= 4 is 34.0 Å². The molecule has 7 nitrogen and oxygen atoms in total. The van der Waals surface area contributed by atoms with Gasteiger partial charge >= 0.3 is 0 Å². The lowest BCUT2D eigenvalue weighted by Crippen LogP contribution is -2.13. The van der Waals surface area contributed by atoms with E-state index in [0.29, 0.717) is 60.3 Å². The molecule has 0 saturated heterocycles. The van der Waals surface area contributed by atoms with Crippen LogP contribution in [-0.4, -0.2) is 43.4 Å². The highest BCUT2D eigenvalue weighted by molar-refractivity contribution is 6.31. The summed E-state index contributed by atoms with van der Waals surface area (Å²) in [7, 11) is 1.55. The van der Waals surface area contributed by atoms with Gasteiger partial charge in [0.1, 0.15) is 24.6 Å². The Morgan fingerprint density at radius 1 is 1.11 bits per heavy atom. The molecule has 0 saturated carbocycles. The van der Waals surface area contributed by atoms with Crippen LogP contribution >= 0.6 is 11.6 Å². The Morgan fingerprint density at radius 2 is 1.96 bits per heavy atom. The van der Waals surface area contributed by atoms with Crippen molar-refractivity contribution < 1.29 is 18.6 Å². The molecule has 3 aromatic rings. The van der Waals surface area contributed by atoms with Crippen molar-refractivity contribution in [2.45, 2.75) is 0 Å². The van der Waals surface area contributed by atoms with Gasteiger partial charge in [-0.2, -0.15) is 0 Å². The SMILES string of the molecule is COc1cc2c(Nc3ccc(F)c(Cl)c3)ncnc2cc1OCCOCCN. The minimum Gasteiger partial charge on any atom is -0.493 e. The van der Waals surface area contributed by atoms with E-state index in [-0.39, 0.29) is 5.02 Å². The van der Waals surface area contributed by atoms with Crippen LogP contribution in [0.1, 0.15) is 0 Å². The molecule has 0 aliphatic carbocycles. The Hall–Kier alpha value is -2.68. The summed E-state index contributed by atoms with van der Waals surface area (Å²) in [6.07, 6.45) is 1.43. The van der Waals surface area contributed by atoms with Gasteiger partial charge in [0, 0.05) is 23.7 Å².